The molecule has 1 saturated carbocycles. The Kier molecular flexibility index (Phi) is 6.08. The third kappa shape index (κ3) is 4.55. The largest absolute Gasteiger partial charge is 0.490 e. The maximum absolute atomic E-state index is 13.3. The van der Waals surface area contributed by atoms with Crippen LogP contribution in [0, 0.1) is 0 Å². The summed E-state index contributed by atoms with van der Waals surface area (Å²) in [6, 6.07) is 22.7. The zero-order valence-electron chi connectivity index (χ0n) is 19.0. The fraction of sp³-hybridized carbons (Fsp3) is 0.259. The molecule has 2 N–H and O–H groups in total. The van der Waals surface area contributed by atoms with E-state index in [4.69, 9.17) is 9.47 Å². The summed E-state index contributed by atoms with van der Waals surface area (Å²) in [6.07, 6.45) is 1.70. The number of hydrogen-bond acceptors (Lipinski definition) is 5. The van der Waals surface area contributed by atoms with Crippen LogP contribution in [0.5, 0.6) is 11.5 Å². The van der Waals surface area contributed by atoms with Crippen molar-refractivity contribution >= 4 is 23.2 Å². The number of amides is 2. The molecule has 1 aliphatic heterocycles. The number of fused-ring (bicyclic) bond motifs is 1. The first kappa shape index (κ1) is 21.8. The van der Waals surface area contributed by atoms with Crippen molar-refractivity contribution < 1.29 is 19.1 Å². The first-order valence-electron chi connectivity index (χ1n) is 11.6. The molecule has 0 spiro atoms. The highest BCUT2D eigenvalue weighted by atomic mass is 16.5. The number of nitrogens with zero attached hydrogens (tertiary/aromatic N) is 1. The number of carbonyl (C=O) groups excluding carboxylic acids is 2. The van der Waals surface area contributed by atoms with E-state index >= 15 is 0 Å². The standard InChI is InChI=1S/C27H27N3O4/c1-2-33-24-16-18(12-15-23(24)34-17-25(31)28-19-8-4-3-5-9-19)26-29-22-11-7-6-10-21(22)27(32)30(26)20-13-14-20/h3-12,15-16,20,26,29H,2,13-14,17H2,1H3,(H,28,31)/t26-/m1/s1. The minimum Gasteiger partial charge on any atom is -0.490 e. The molecule has 174 valence electrons. The molecule has 1 fully saturated rings. The molecule has 0 radical (unpaired) electrons. The van der Waals surface area contributed by atoms with Gasteiger partial charge in [0.15, 0.2) is 18.1 Å². The summed E-state index contributed by atoms with van der Waals surface area (Å²) >= 11 is 0. The first-order valence-corrected chi connectivity index (χ1v) is 11.6. The highest BCUT2D eigenvalue weighted by molar-refractivity contribution is 6.02. The Bertz CT molecular complexity index is 1190. The van der Waals surface area contributed by atoms with Gasteiger partial charge in [-0.3, -0.25) is 9.59 Å². The molecule has 3 aromatic carbocycles. The van der Waals surface area contributed by atoms with Crippen molar-refractivity contribution in [1.82, 2.24) is 4.90 Å². The van der Waals surface area contributed by atoms with Gasteiger partial charge in [0, 0.05) is 17.4 Å². The van der Waals surface area contributed by atoms with Crippen molar-refractivity contribution in [2.24, 2.45) is 0 Å². The number of benzene rings is 3. The second-order valence-corrected chi connectivity index (χ2v) is 8.38. The molecule has 0 aromatic heterocycles. The van der Waals surface area contributed by atoms with E-state index in [0.29, 0.717) is 29.4 Å². The lowest BCUT2D eigenvalue weighted by atomic mass is 10.0. The maximum atomic E-state index is 13.3. The van der Waals surface area contributed by atoms with Crippen LogP contribution in [0.1, 0.15) is 41.9 Å². The molecule has 2 aliphatic rings. The van der Waals surface area contributed by atoms with Gasteiger partial charge in [-0.05, 0) is 61.7 Å². The zero-order chi connectivity index (χ0) is 23.5. The third-order valence-electron chi connectivity index (χ3n) is 5.90. The fourth-order valence-electron chi connectivity index (χ4n) is 4.19. The van der Waals surface area contributed by atoms with Crippen LogP contribution in [0.3, 0.4) is 0 Å². The molecular weight excluding hydrogens is 430 g/mol. The Morgan fingerprint density at radius 3 is 2.53 bits per heavy atom. The Morgan fingerprint density at radius 1 is 1.00 bits per heavy atom. The number of para-hydroxylation sites is 2. The van der Waals surface area contributed by atoms with Gasteiger partial charge >= 0.3 is 0 Å². The summed E-state index contributed by atoms with van der Waals surface area (Å²) in [5, 5.41) is 6.33. The molecule has 0 saturated heterocycles. The molecule has 3 aromatic rings. The van der Waals surface area contributed by atoms with E-state index in [-0.39, 0.29) is 30.6 Å². The van der Waals surface area contributed by atoms with E-state index in [1.54, 1.807) is 6.07 Å². The minimum absolute atomic E-state index is 0.0396. The molecule has 34 heavy (non-hydrogen) atoms. The van der Waals surface area contributed by atoms with Crippen molar-refractivity contribution in [3.63, 3.8) is 0 Å². The maximum Gasteiger partial charge on any atom is 0.262 e. The summed E-state index contributed by atoms with van der Waals surface area (Å²) in [5.41, 5.74) is 3.13. The van der Waals surface area contributed by atoms with Crippen LogP contribution in [0.2, 0.25) is 0 Å². The van der Waals surface area contributed by atoms with Crippen LogP contribution in [0.15, 0.2) is 72.8 Å². The lowest BCUT2D eigenvalue weighted by Crippen LogP contribution is -2.44. The molecule has 7 heteroatoms. The highest BCUT2D eigenvalue weighted by Gasteiger charge is 2.42. The molecule has 1 atom stereocenters. The average molecular weight is 458 g/mol. The lowest BCUT2D eigenvalue weighted by Gasteiger charge is -2.38. The van der Waals surface area contributed by atoms with Crippen LogP contribution in [0.25, 0.3) is 0 Å². The summed E-state index contributed by atoms with van der Waals surface area (Å²) < 4.78 is 11.6. The Labute approximate surface area is 198 Å². The van der Waals surface area contributed by atoms with Crippen molar-refractivity contribution in [3.8, 4) is 11.5 Å². The number of anilines is 2. The van der Waals surface area contributed by atoms with E-state index in [1.165, 1.54) is 0 Å². The molecular formula is C27H27N3O4. The number of nitrogens with one attached hydrogen (secondary N) is 2. The van der Waals surface area contributed by atoms with Gasteiger partial charge in [0.1, 0.15) is 6.17 Å². The zero-order valence-corrected chi connectivity index (χ0v) is 19.0. The van der Waals surface area contributed by atoms with E-state index < -0.39 is 0 Å². The van der Waals surface area contributed by atoms with Gasteiger partial charge in [-0.15, -0.1) is 0 Å². The lowest BCUT2D eigenvalue weighted by molar-refractivity contribution is -0.118. The molecule has 0 bridgehead atoms. The molecule has 2 amide bonds. The topological polar surface area (TPSA) is 79.9 Å². The Hall–Kier alpha value is -4.00. The van der Waals surface area contributed by atoms with Crippen molar-refractivity contribution in [2.45, 2.75) is 32.0 Å². The highest BCUT2D eigenvalue weighted by Crippen LogP contribution is 2.42. The van der Waals surface area contributed by atoms with Gasteiger partial charge in [0.05, 0.1) is 12.2 Å². The van der Waals surface area contributed by atoms with E-state index in [1.807, 2.05) is 78.6 Å². The molecule has 5 rings (SSSR count). The predicted molar refractivity (Wildman–Crippen MR) is 130 cm³/mol. The summed E-state index contributed by atoms with van der Waals surface area (Å²) in [5.74, 6) is 0.803. The number of ether oxygens (including phenoxy) is 2. The van der Waals surface area contributed by atoms with Crippen LogP contribution < -0.4 is 20.1 Å². The Balaban J connectivity index is 1.36. The molecule has 1 aliphatic carbocycles. The van der Waals surface area contributed by atoms with Crippen molar-refractivity contribution in [1.29, 1.82) is 0 Å². The average Bonchev–Trinajstić information content (AvgIpc) is 3.69. The number of rotatable bonds is 8. The van der Waals surface area contributed by atoms with E-state index in [9.17, 15) is 9.59 Å². The smallest absolute Gasteiger partial charge is 0.262 e. The Morgan fingerprint density at radius 2 is 1.76 bits per heavy atom. The van der Waals surface area contributed by atoms with Gasteiger partial charge in [-0.25, -0.2) is 0 Å². The van der Waals surface area contributed by atoms with Crippen LogP contribution in [0.4, 0.5) is 11.4 Å². The molecule has 7 nitrogen and oxygen atoms in total. The predicted octanol–water partition coefficient (Wildman–Crippen LogP) is 4.83. The monoisotopic (exact) mass is 457 g/mol. The minimum atomic E-state index is -0.301. The van der Waals surface area contributed by atoms with Crippen LogP contribution in [-0.2, 0) is 4.79 Å². The quantitative estimate of drug-likeness (QED) is 0.506. The first-order chi connectivity index (χ1) is 16.6. The molecule has 1 heterocycles. The third-order valence-corrected chi connectivity index (χ3v) is 5.90. The van der Waals surface area contributed by atoms with Gasteiger partial charge in [0.2, 0.25) is 0 Å². The number of carbonyl (C=O) groups is 2. The van der Waals surface area contributed by atoms with Crippen molar-refractivity contribution in [2.75, 3.05) is 23.8 Å². The SMILES string of the molecule is CCOc1cc([C@@H]2Nc3ccccc3C(=O)N2C2CC2)ccc1OCC(=O)Nc1ccccc1. The molecule has 0 unspecified atom stereocenters. The van der Waals surface area contributed by atoms with Crippen LogP contribution >= 0.6 is 0 Å². The second-order valence-electron chi connectivity index (χ2n) is 8.38. The van der Waals surface area contributed by atoms with Crippen LogP contribution in [-0.4, -0.2) is 36.0 Å². The van der Waals surface area contributed by atoms with Gasteiger partial charge < -0.3 is 25.0 Å². The van der Waals surface area contributed by atoms with E-state index in [2.05, 4.69) is 10.6 Å². The number of hydrogen-bond donors (Lipinski definition) is 2. The second kappa shape index (κ2) is 9.47. The van der Waals surface area contributed by atoms with Gasteiger partial charge in [0.25, 0.3) is 11.8 Å². The van der Waals surface area contributed by atoms with E-state index in [0.717, 1.165) is 24.1 Å². The summed E-state index contributed by atoms with van der Waals surface area (Å²) in [4.78, 5) is 27.5. The summed E-state index contributed by atoms with van der Waals surface area (Å²) in [7, 11) is 0. The van der Waals surface area contributed by atoms with Gasteiger partial charge in [-0.1, -0.05) is 36.4 Å². The normalized spacial score (nSPS) is 16.9. The van der Waals surface area contributed by atoms with Crippen molar-refractivity contribution in [3.05, 3.63) is 83.9 Å². The summed E-state index contributed by atoms with van der Waals surface area (Å²) in [6.45, 7) is 2.20. The fourth-order valence-corrected chi connectivity index (χ4v) is 4.19. The van der Waals surface area contributed by atoms with Gasteiger partial charge in [-0.2, -0.15) is 0 Å².